The van der Waals surface area contributed by atoms with Crippen LogP contribution >= 0.6 is 22.7 Å². The lowest BCUT2D eigenvalue weighted by atomic mass is 9.54. The predicted molar refractivity (Wildman–Crippen MR) is 316 cm³/mol. The van der Waals surface area contributed by atoms with Crippen LogP contribution in [0, 0.1) is 0 Å². The van der Waals surface area contributed by atoms with Crippen LogP contribution in [0.5, 0.6) is 23.0 Å². The molecule has 2 spiro atoms. The van der Waals surface area contributed by atoms with Gasteiger partial charge in [0.2, 0.25) is 11.8 Å². The third-order valence-corrected chi connectivity index (χ3v) is 18.5. The number of hydrogen-bond donors (Lipinski definition) is 0. The molecule has 0 N–H and O–H groups in total. The second-order valence-corrected chi connectivity index (χ2v) is 22.4. The summed E-state index contributed by atoms with van der Waals surface area (Å²) in [6.45, 7) is 0. The molecule has 14 aromatic rings. The Balaban J connectivity index is 1.02. The first kappa shape index (κ1) is 43.6. The van der Waals surface area contributed by atoms with Gasteiger partial charge < -0.3 is 18.3 Å². The van der Waals surface area contributed by atoms with Gasteiger partial charge in [-0.3, -0.25) is 9.80 Å². The molecule has 0 unspecified atom stereocenters. The Morgan fingerprint density at radius 3 is 1.00 bits per heavy atom. The van der Waals surface area contributed by atoms with Gasteiger partial charge in [-0.05, 0) is 97.1 Å². The molecule has 0 bridgehead atoms. The molecule has 2 aliphatic heterocycles. The Kier molecular flexibility index (Phi) is 9.20. The molecule has 78 heavy (non-hydrogen) atoms. The molecule has 4 aromatic heterocycles. The van der Waals surface area contributed by atoms with Crippen molar-refractivity contribution in [1.82, 2.24) is 0 Å². The molecule has 0 amide bonds. The van der Waals surface area contributed by atoms with E-state index in [1.165, 1.54) is 40.3 Å². The fourth-order valence-electron chi connectivity index (χ4n) is 13.1. The van der Waals surface area contributed by atoms with E-state index in [2.05, 4.69) is 265 Å². The molecule has 3 aliphatic rings. The van der Waals surface area contributed by atoms with Crippen LogP contribution < -0.4 is 19.3 Å². The molecule has 8 heteroatoms. The van der Waals surface area contributed by atoms with Gasteiger partial charge in [0, 0.05) is 109 Å². The van der Waals surface area contributed by atoms with Crippen molar-refractivity contribution in [2.24, 2.45) is 0 Å². The molecule has 6 nitrogen and oxygen atoms in total. The number of anilines is 6. The van der Waals surface area contributed by atoms with E-state index in [1.54, 1.807) is 0 Å². The third-order valence-electron chi connectivity index (χ3n) is 16.2. The molecule has 0 radical (unpaired) electrons. The van der Waals surface area contributed by atoms with Crippen molar-refractivity contribution >= 4 is 97.5 Å². The highest BCUT2D eigenvalue weighted by Crippen LogP contribution is 2.69. The number of furan rings is 2. The maximum Gasteiger partial charge on any atom is 0.205 e. The first-order valence-corrected chi connectivity index (χ1v) is 27.8. The highest BCUT2D eigenvalue weighted by molar-refractivity contribution is 7.26. The monoisotopic (exact) mass is 1040 g/mol. The maximum atomic E-state index is 8.08. The summed E-state index contributed by atoms with van der Waals surface area (Å²) in [7, 11) is 0. The van der Waals surface area contributed by atoms with Crippen LogP contribution in [-0.4, -0.2) is 0 Å². The number of rotatable bonds is 6. The summed E-state index contributed by atoms with van der Waals surface area (Å²) in [4.78, 5) is 4.54. The van der Waals surface area contributed by atoms with E-state index in [1.807, 2.05) is 22.7 Å². The number of hydrogen-bond acceptors (Lipinski definition) is 8. The van der Waals surface area contributed by atoms with Crippen molar-refractivity contribution in [2.45, 2.75) is 10.8 Å². The molecule has 6 heterocycles. The van der Waals surface area contributed by atoms with E-state index in [4.69, 9.17) is 18.3 Å². The molecule has 0 fully saturated rings. The molecule has 17 rings (SSSR count). The Labute approximate surface area is 456 Å². The zero-order valence-electron chi connectivity index (χ0n) is 41.6. The average molecular weight is 1040 g/mol. The van der Waals surface area contributed by atoms with Crippen molar-refractivity contribution in [3.8, 4) is 23.0 Å². The number of nitrogens with zero attached hydrogens (tertiary/aromatic N) is 2. The highest BCUT2D eigenvalue weighted by Gasteiger charge is 2.63. The zero-order valence-corrected chi connectivity index (χ0v) is 43.2. The van der Waals surface area contributed by atoms with Gasteiger partial charge in [0.1, 0.15) is 45.3 Å². The molecule has 368 valence electrons. The summed E-state index contributed by atoms with van der Waals surface area (Å²) in [5, 5.41) is 4.84. The molecular formula is C70H42N2O4S2. The first-order chi connectivity index (χ1) is 38.6. The minimum absolute atomic E-state index is 0.652. The van der Waals surface area contributed by atoms with Crippen LogP contribution in [0.3, 0.4) is 0 Å². The van der Waals surface area contributed by atoms with Gasteiger partial charge in [-0.1, -0.05) is 146 Å². The van der Waals surface area contributed by atoms with Crippen LogP contribution in [0.25, 0.3) is 40.3 Å². The van der Waals surface area contributed by atoms with Crippen molar-refractivity contribution in [3.05, 3.63) is 300 Å². The van der Waals surface area contributed by atoms with Gasteiger partial charge in [0.15, 0.2) is 0 Å². The van der Waals surface area contributed by atoms with E-state index in [9.17, 15) is 0 Å². The summed E-state index contributed by atoms with van der Waals surface area (Å²) in [6, 6.07) is 90.4. The maximum absolute atomic E-state index is 8.08. The van der Waals surface area contributed by atoms with Crippen molar-refractivity contribution in [3.63, 3.8) is 0 Å². The number of para-hydroxylation sites is 6. The quantitative estimate of drug-likeness (QED) is 0.165. The highest BCUT2D eigenvalue weighted by atomic mass is 32.1. The van der Waals surface area contributed by atoms with Gasteiger partial charge >= 0.3 is 0 Å². The smallest absolute Gasteiger partial charge is 0.205 e. The fraction of sp³-hybridized carbons (Fsp3) is 0.0286. The topological polar surface area (TPSA) is 51.2 Å². The first-order valence-electron chi connectivity index (χ1n) is 26.2. The lowest BCUT2D eigenvalue weighted by molar-refractivity contribution is 0.353. The van der Waals surface area contributed by atoms with Crippen LogP contribution in [0.2, 0.25) is 0 Å². The lowest BCUT2D eigenvalue weighted by Crippen LogP contribution is -2.46. The van der Waals surface area contributed by atoms with Crippen molar-refractivity contribution in [1.29, 1.82) is 0 Å². The van der Waals surface area contributed by atoms with E-state index in [0.717, 1.165) is 90.6 Å². The molecule has 0 saturated heterocycles. The minimum Gasteiger partial charge on any atom is -0.457 e. The minimum atomic E-state index is -1.13. The Hall–Kier alpha value is -9.60. The van der Waals surface area contributed by atoms with E-state index < -0.39 is 10.8 Å². The second kappa shape index (κ2) is 16.5. The molecule has 0 atom stereocenters. The van der Waals surface area contributed by atoms with Gasteiger partial charge in [-0.25, -0.2) is 0 Å². The molecular weight excluding hydrogens is 997 g/mol. The van der Waals surface area contributed by atoms with Crippen LogP contribution in [-0.2, 0) is 10.8 Å². The number of fused-ring (bicyclic) bond motifs is 20. The average Bonchev–Trinajstić information content (AvgIpc) is 3.35. The molecule has 0 saturated carbocycles. The lowest BCUT2D eigenvalue weighted by Gasteiger charge is -2.48. The largest absolute Gasteiger partial charge is 0.457 e. The standard InChI is InChI=1S/C70H42N2O4S2/c1-3-19-43(20-4-1)71(45-35-37-63-49(39-45)47-23-7-17-33-61(47)77-63)65-41-55-67(75-65)70(53-27-11-15-31-59(53)74-60-32-16-12-28-54(60)70)56-42-66(76-68(56)69(55)51-25-9-13-29-57(51)73-58-30-14-10-26-52(58)69)72(44-21-5-2-6-22-44)46-36-38-64-50(40-46)48-24-8-18-34-62(48)78-64/h1-42H. The summed E-state index contributed by atoms with van der Waals surface area (Å²) in [5.41, 5.74) is 7.23. The summed E-state index contributed by atoms with van der Waals surface area (Å²) < 4.78 is 35.1. The number of benzene rings is 10. The fourth-order valence-corrected chi connectivity index (χ4v) is 15.2. The Morgan fingerprint density at radius 1 is 0.269 bits per heavy atom. The van der Waals surface area contributed by atoms with E-state index in [0.29, 0.717) is 11.8 Å². The van der Waals surface area contributed by atoms with E-state index in [-0.39, 0.29) is 0 Å². The Morgan fingerprint density at radius 2 is 0.603 bits per heavy atom. The second-order valence-electron chi connectivity index (χ2n) is 20.2. The van der Waals surface area contributed by atoms with Gasteiger partial charge in [-0.2, -0.15) is 0 Å². The SMILES string of the molecule is c1ccc(N(c2ccc3sc4ccccc4c3c2)c2cc3c(o2)C2(c4ccccc4Oc4ccccc42)c2cc(N(c4ccccc4)c4ccc5sc6ccccc6c5c4)oc2C32c3ccccc3Oc3ccccc32)cc1. The van der Waals surface area contributed by atoms with Gasteiger partial charge in [-0.15, -0.1) is 22.7 Å². The van der Waals surface area contributed by atoms with Gasteiger partial charge in [0.25, 0.3) is 0 Å². The third kappa shape index (κ3) is 5.95. The van der Waals surface area contributed by atoms with Gasteiger partial charge in [0.05, 0.1) is 0 Å². The van der Waals surface area contributed by atoms with Crippen LogP contribution in [0.15, 0.2) is 264 Å². The summed E-state index contributed by atoms with van der Waals surface area (Å²) in [6.07, 6.45) is 0. The molecule has 10 aromatic carbocycles. The predicted octanol–water partition coefficient (Wildman–Crippen LogP) is 19.8. The Bertz CT molecular complexity index is 4300. The molecule has 1 aliphatic carbocycles. The van der Waals surface area contributed by atoms with Crippen LogP contribution in [0.1, 0.15) is 44.9 Å². The van der Waals surface area contributed by atoms with Crippen molar-refractivity contribution < 1.29 is 18.3 Å². The van der Waals surface area contributed by atoms with E-state index >= 15 is 0 Å². The summed E-state index contributed by atoms with van der Waals surface area (Å²) >= 11 is 3.63. The number of thiophene rings is 2. The normalized spacial score (nSPS) is 14.1. The number of ether oxygens (including phenoxy) is 2. The van der Waals surface area contributed by atoms with Crippen LogP contribution in [0.4, 0.5) is 34.5 Å². The van der Waals surface area contributed by atoms with Crippen molar-refractivity contribution in [2.75, 3.05) is 9.80 Å². The summed E-state index contributed by atoms with van der Waals surface area (Å²) in [5.74, 6) is 5.77. The zero-order chi connectivity index (χ0) is 51.1.